The standard InChI is InChI=1S/C23H35FN2O.H2/c1-5-21(27)25-20-8-9-23(19-16-17(24)6-7-18(19)20)11-14-26(15-12-23)13-10-22(2,3)4;/h6-7,16,20H,5,8-15H2,1-4H3,(H,25,27);1H/t20-;/m1./s1. The van der Waals surface area contributed by atoms with Crippen molar-refractivity contribution in [3.63, 3.8) is 0 Å². The van der Waals surface area contributed by atoms with Crippen LogP contribution in [0.5, 0.6) is 0 Å². The van der Waals surface area contributed by atoms with Gasteiger partial charge in [-0.3, -0.25) is 4.79 Å². The van der Waals surface area contributed by atoms with Gasteiger partial charge in [0.15, 0.2) is 0 Å². The van der Waals surface area contributed by atoms with Crippen molar-refractivity contribution in [3.8, 4) is 0 Å². The minimum Gasteiger partial charge on any atom is -0.349 e. The summed E-state index contributed by atoms with van der Waals surface area (Å²) in [7, 11) is 0. The summed E-state index contributed by atoms with van der Waals surface area (Å²) in [6, 6.07) is 5.21. The van der Waals surface area contributed by atoms with Crippen LogP contribution in [0, 0.1) is 11.2 Å². The first kappa shape index (κ1) is 20.3. The van der Waals surface area contributed by atoms with Crippen LogP contribution in [0.1, 0.15) is 84.8 Å². The molecule has 1 aliphatic heterocycles. The zero-order valence-electron chi connectivity index (χ0n) is 17.4. The molecule has 0 unspecified atom stereocenters. The first-order chi connectivity index (χ1) is 12.7. The zero-order chi connectivity index (χ0) is 19.7. The van der Waals surface area contributed by atoms with E-state index < -0.39 is 0 Å². The molecule has 152 valence electrons. The smallest absolute Gasteiger partial charge is 0.220 e. The first-order valence-corrected chi connectivity index (χ1v) is 10.5. The largest absolute Gasteiger partial charge is 0.349 e. The maximum Gasteiger partial charge on any atom is 0.220 e. The Bertz CT molecular complexity index is 678. The molecule has 1 fully saturated rings. The molecule has 1 heterocycles. The Morgan fingerprint density at radius 3 is 2.63 bits per heavy atom. The minimum absolute atomic E-state index is 0. The molecule has 1 aromatic carbocycles. The second-order valence-electron chi connectivity index (χ2n) is 9.68. The number of rotatable bonds is 4. The maximum atomic E-state index is 14.1. The maximum absolute atomic E-state index is 14.1. The fraction of sp³-hybridized carbons (Fsp3) is 0.696. The summed E-state index contributed by atoms with van der Waals surface area (Å²) < 4.78 is 14.1. The van der Waals surface area contributed by atoms with Crippen molar-refractivity contribution < 1.29 is 10.6 Å². The summed E-state index contributed by atoms with van der Waals surface area (Å²) in [6.45, 7) is 12.1. The van der Waals surface area contributed by atoms with Crippen LogP contribution < -0.4 is 5.32 Å². The highest BCUT2D eigenvalue weighted by atomic mass is 19.1. The number of nitrogens with one attached hydrogen (secondary N) is 1. The molecule has 1 spiro atoms. The molecule has 1 amide bonds. The van der Waals surface area contributed by atoms with Crippen LogP contribution in [0.4, 0.5) is 4.39 Å². The summed E-state index contributed by atoms with van der Waals surface area (Å²) in [6.07, 6.45) is 5.85. The lowest BCUT2D eigenvalue weighted by molar-refractivity contribution is -0.121. The summed E-state index contributed by atoms with van der Waals surface area (Å²) in [5.74, 6) is -0.0889. The van der Waals surface area contributed by atoms with E-state index in [1.54, 1.807) is 12.1 Å². The Morgan fingerprint density at radius 1 is 1.30 bits per heavy atom. The average Bonchev–Trinajstić information content (AvgIpc) is 2.63. The van der Waals surface area contributed by atoms with E-state index in [0.29, 0.717) is 11.8 Å². The van der Waals surface area contributed by atoms with Crippen molar-refractivity contribution in [1.29, 1.82) is 0 Å². The topological polar surface area (TPSA) is 32.3 Å². The third-order valence-electron chi connectivity index (χ3n) is 6.52. The normalized spacial score (nSPS) is 22.5. The molecule has 2 aliphatic rings. The minimum atomic E-state index is -0.161. The van der Waals surface area contributed by atoms with E-state index >= 15 is 0 Å². The van der Waals surface area contributed by atoms with E-state index in [2.05, 4.69) is 31.0 Å². The number of fused-ring (bicyclic) bond motifs is 2. The van der Waals surface area contributed by atoms with Crippen molar-refractivity contribution in [2.24, 2.45) is 5.41 Å². The molecule has 1 aromatic rings. The molecular formula is C23H37FN2O. The molecule has 3 rings (SSSR count). The van der Waals surface area contributed by atoms with Crippen molar-refractivity contribution in [1.82, 2.24) is 10.2 Å². The molecule has 27 heavy (non-hydrogen) atoms. The van der Waals surface area contributed by atoms with Crippen molar-refractivity contribution in [2.75, 3.05) is 19.6 Å². The van der Waals surface area contributed by atoms with E-state index in [1.807, 2.05) is 13.0 Å². The summed E-state index contributed by atoms with van der Waals surface area (Å²) in [4.78, 5) is 14.5. The molecule has 1 aliphatic carbocycles. The second-order valence-corrected chi connectivity index (χ2v) is 9.68. The fourth-order valence-electron chi connectivity index (χ4n) is 4.67. The van der Waals surface area contributed by atoms with Crippen molar-refractivity contribution in [3.05, 3.63) is 35.1 Å². The molecule has 1 N–H and O–H groups in total. The van der Waals surface area contributed by atoms with Gasteiger partial charge in [0, 0.05) is 7.85 Å². The average molecular weight is 377 g/mol. The molecule has 0 radical (unpaired) electrons. The van der Waals surface area contributed by atoms with E-state index in [9.17, 15) is 9.18 Å². The van der Waals surface area contributed by atoms with Crippen molar-refractivity contribution >= 4 is 5.91 Å². The molecule has 4 heteroatoms. The van der Waals surface area contributed by atoms with Crippen LogP contribution in [0.15, 0.2) is 18.2 Å². The van der Waals surface area contributed by atoms with Crippen LogP contribution in [-0.4, -0.2) is 30.4 Å². The van der Waals surface area contributed by atoms with E-state index in [1.165, 1.54) is 6.42 Å². The highest BCUT2D eigenvalue weighted by Crippen LogP contribution is 2.48. The third-order valence-corrected chi connectivity index (χ3v) is 6.52. The number of hydrogen-bond donors (Lipinski definition) is 1. The highest BCUT2D eigenvalue weighted by molar-refractivity contribution is 5.76. The number of hydrogen-bond acceptors (Lipinski definition) is 2. The lowest BCUT2D eigenvalue weighted by atomic mass is 9.63. The third kappa shape index (κ3) is 4.71. The summed E-state index contributed by atoms with van der Waals surface area (Å²) in [5.41, 5.74) is 2.71. The number of piperidine rings is 1. The van der Waals surface area contributed by atoms with E-state index in [0.717, 1.165) is 56.4 Å². The predicted octanol–water partition coefficient (Wildman–Crippen LogP) is 5.20. The van der Waals surface area contributed by atoms with Gasteiger partial charge >= 0.3 is 0 Å². The number of halogens is 1. The van der Waals surface area contributed by atoms with Crippen LogP contribution in [0.3, 0.4) is 0 Å². The number of likely N-dealkylation sites (tertiary alicyclic amines) is 1. The zero-order valence-corrected chi connectivity index (χ0v) is 17.4. The predicted molar refractivity (Wildman–Crippen MR) is 110 cm³/mol. The van der Waals surface area contributed by atoms with Gasteiger partial charge in [0.2, 0.25) is 5.91 Å². The van der Waals surface area contributed by atoms with E-state index in [-0.39, 0.29) is 24.6 Å². The lowest BCUT2D eigenvalue weighted by Gasteiger charge is -2.47. The van der Waals surface area contributed by atoms with Gasteiger partial charge in [-0.1, -0.05) is 33.8 Å². The molecule has 0 aromatic heterocycles. The Balaban J connectivity index is 0.00000280. The molecular weight excluding hydrogens is 339 g/mol. The van der Waals surface area contributed by atoms with Gasteiger partial charge in [-0.2, -0.15) is 0 Å². The van der Waals surface area contributed by atoms with Gasteiger partial charge in [0.05, 0.1) is 6.04 Å². The van der Waals surface area contributed by atoms with Crippen molar-refractivity contribution in [2.45, 2.75) is 77.7 Å². The SMILES string of the molecule is CCC(=O)N[C@@H]1CCC2(CCN(CCC(C)(C)C)CC2)c2cc(F)ccc21.[HH]. The van der Waals surface area contributed by atoms with Gasteiger partial charge in [-0.05, 0) is 85.8 Å². The summed E-state index contributed by atoms with van der Waals surface area (Å²) >= 11 is 0. The Hall–Kier alpha value is -1.42. The number of amides is 1. The molecule has 1 atom stereocenters. The highest BCUT2D eigenvalue weighted by Gasteiger charge is 2.42. The molecule has 0 saturated carbocycles. The Labute approximate surface area is 165 Å². The summed E-state index contributed by atoms with van der Waals surface area (Å²) in [5, 5.41) is 3.14. The number of benzene rings is 1. The Morgan fingerprint density at radius 2 is 2.00 bits per heavy atom. The molecule has 3 nitrogen and oxygen atoms in total. The number of carbonyl (C=O) groups excluding carboxylic acids is 1. The number of nitrogens with zero attached hydrogens (tertiary/aromatic N) is 1. The van der Waals surface area contributed by atoms with Crippen LogP contribution >= 0.6 is 0 Å². The van der Waals surface area contributed by atoms with Crippen LogP contribution in [0.25, 0.3) is 0 Å². The first-order valence-electron chi connectivity index (χ1n) is 10.5. The lowest BCUT2D eigenvalue weighted by Crippen LogP contribution is -2.46. The van der Waals surface area contributed by atoms with Gasteiger partial charge in [0.1, 0.15) is 5.82 Å². The quantitative estimate of drug-likeness (QED) is 0.783. The van der Waals surface area contributed by atoms with Gasteiger partial charge in [0.25, 0.3) is 0 Å². The van der Waals surface area contributed by atoms with Gasteiger partial charge < -0.3 is 10.2 Å². The monoisotopic (exact) mass is 376 g/mol. The Kier molecular flexibility index (Phi) is 5.95. The van der Waals surface area contributed by atoms with Gasteiger partial charge in [-0.25, -0.2) is 4.39 Å². The van der Waals surface area contributed by atoms with E-state index in [4.69, 9.17) is 0 Å². The number of carbonyl (C=O) groups is 1. The van der Waals surface area contributed by atoms with Gasteiger partial charge in [-0.15, -0.1) is 0 Å². The van der Waals surface area contributed by atoms with Crippen LogP contribution in [0.2, 0.25) is 0 Å². The molecule has 0 bridgehead atoms. The molecule has 1 saturated heterocycles. The fourth-order valence-corrected chi connectivity index (χ4v) is 4.67. The second kappa shape index (κ2) is 7.90. The van der Waals surface area contributed by atoms with Crippen LogP contribution in [-0.2, 0) is 10.2 Å².